The van der Waals surface area contributed by atoms with E-state index in [2.05, 4.69) is 21.4 Å². The average Bonchev–Trinajstić information content (AvgIpc) is 2.90. The second-order valence-corrected chi connectivity index (χ2v) is 8.81. The van der Waals surface area contributed by atoms with Gasteiger partial charge in [0.2, 0.25) is 0 Å². The van der Waals surface area contributed by atoms with Gasteiger partial charge < -0.3 is 11.1 Å². The number of fused-ring (bicyclic) bond motifs is 1. The Kier molecular flexibility index (Phi) is 6.43. The third-order valence-electron chi connectivity index (χ3n) is 6.60. The quantitative estimate of drug-likeness (QED) is 0.396. The molecule has 37 heavy (non-hydrogen) atoms. The summed E-state index contributed by atoms with van der Waals surface area (Å²) in [4.78, 5) is 33.7. The van der Waals surface area contributed by atoms with Crippen LogP contribution < -0.4 is 11.1 Å². The van der Waals surface area contributed by atoms with Crippen molar-refractivity contribution < 1.29 is 22.8 Å². The maximum Gasteiger partial charge on any atom is 0.274 e. The minimum atomic E-state index is -1.28. The van der Waals surface area contributed by atoms with Crippen LogP contribution in [0.5, 0.6) is 0 Å². The maximum atomic E-state index is 14.0. The molecule has 2 heterocycles. The minimum Gasteiger partial charge on any atom is -0.364 e. The van der Waals surface area contributed by atoms with E-state index in [0.717, 1.165) is 17.5 Å². The van der Waals surface area contributed by atoms with E-state index in [4.69, 9.17) is 5.73 Å². The fourth-order valence-electron chi connectivity index (χ4n) is 5.00. The molecule has 3 N–H and O–H groups in total. The Bertz CT molecular complexity index is 1490. The highest BCUT2D eigenvalue weighted by Crippen LogP contribution is 2.46. The molecule has 186 valence electrons. The van der Waals surface area contributed by atoms with E-state index in [-0.39, 0.29) is 23.2 Å². The minimum absolute atomic E-state index is 0.106. The molecule has 2 unspecified atom stereocenters. The molecule has 0 fully saturated rings. The predicted molar refractivity (Wildman–Crippen MR) is 131 cm³/mol. The Hall–Kier alpha value is -4.53. The van der Waals surface area contributed by atoms with Crippen molar-refractivity contribution in [2.45, 2.75) is 24.7 Å². The normalized spacial score (nSPS) is 16.6. The zero-order chi connectivity index (χ0) is 26.1. The summed E-state index contributed by atoms with van der Waals surface area (Å²) in [5.41, 5.74) is 8.30. The van der Waals surface area contributed by atoms with Crippen LogP contribution in [0.15, 0.2) is 73.1 Å². The third kappa shape index (κ3) is 4.67. The molecule has 0 saturated carbocycles. The van der Waals surface area contributed by atoms with Crippen LogP contribution in [0.1, 0.15) is 61.5 Å². The lowest BCUT2D eigenvalue weighted by molar-refractivity contribution is 0.0993. The van der Waals surface area contributed by atoms with Crippen molar-refractivity contribution in [3.63, 3.8) is 0 Å². The van der Waals surface area contributed by atoms with Crippen molar-refractivity contribution in [2.75, 3.05) is 5.32 Å². The van der Waals surface area contributed by atoms with Gasteiger partial charge in [-0.15, -0.1) is 0 Å². The standard InChI is InChI=1S/C28H21F3N4O2/c29-17-12-21(30)26(22(31)13-17)35-28(37)23-10-9-20(25(34-23)27(32)36)19-8-7-15-4-1-2-6-18(15)24(19)16-5-3-11-33-14-16/h1-6,9-14,19,24H,7-8H2,(H2,32,36)(H,35,37). The molecule has 6 nitrogen and oxygen atoms in total. The van der Waals surface area contributed by atoms with Gasteiger partial charge in [0, 0.05) is 30.4 Å². The van der Waals surface area contributed by atoms with E-state index >= 15 is 0 Å². The molecular weight excluding hydrogens is 481 g/mol. The first-order valence-corrected chi connectivity index (χ1v) is 11.6. The number of aromatic nitrogens is 2. The van der Waals surface area contributed by atoms with E-state index in [1.165, 1.54) is 11.6 Å². The number of rotatable bonds is 5. The Morgan fingerprint density at radius 1 is 0.946 bits per heavy atom. The first-order valence-electron chi connectivity index (χ1n) is 11.6. The highest BCUT2D eigenvalue weighted by Gasteiger charge is 2.34. The molecule has 2 amide bonds. The van der Waals surface area contributed by atoms with Crippen LogP contribution >= 0.6 is 0 Å². The number of benzene rings is 2. The van der Waals surface area contributed by atoms with Crippen molar-refractivity contribution in [3.8, 4) is 0 Å². The fourth-order valence-corrected chi connectivity index (χ4v) is 5.00. The van der Waals surface area contributed by atoms with Crippen molar-refractivity contribution in [1.82, 2.24) is 9.97 Å². The average molecular weight is 502 g/mol. The van der Waals surface area contributed by atoms with E-state index in [1.807, 2.05) is 30.3 Å². The summed E-state index contributed by atoms with van der Waals surface area (Å²) in [5.74, 6) is -5.83. The number of hydrogen-bond donors (Lipinski definition) is 2. The fraction of sp³-hybridized carbons (Fsp3) is 0.143. The second-order valence-electron chi connectivity index (χ2n) is 8.81. The molecule has 0 spiro atoms. The highest BCUT2D eigenvalue weighted by atomic mass is 19.1. The summed E-state index contributed by atoms with van der Waals surface area (Å²) in [6.07, 6.45) is 4.92. The summed E-state index contributed by atoms with van der Waals surface area (Å²) in [6, 6.07) is 15.7. The molecule has 0 saturated heterocycles. The lowest BCUT2D eigenvalue weighted by Crippen LogP contribution is -2.26. The van der Waals surface area contributed by atoms with Gasteiger partial charge in [-0.05, 0) is 53.1 Å². The maximum absolute atomic E-state index is 14.0. The number of nitrogens with zero attached hydrogens (tertiary/aromatic N) is 2. The van der Waals surface area contributed by atoms with Crippen molar-refractivity contribution in [3.05, 3.63) is 124 Å². The van der Waals surface area contributed by atoms with E-state index in [1.54, 1.807) is 18.5 Å². The lowest BCUT2D eigenvalue weighted by atomic mass is 9.69. The summed E-state index contributed by atoms with van der Waals surface area (Å²) >= 11 is 0. The molecule has 0 aliphatic heterocycles. The molecule has 0 bridgehead atoms. The number of halogens is 3. The van der Waals surface area contributed by atoms with Gasteiger partial charge in [-0.3, -0.25) is 14.6 Å². The number of hydrogen-bond acceptors (Lipinski definition) is 4. The van der Waals surface area contributed by atoms with Crippen LogP contribution in [0, 0.1) is 17.5 Å². The smallest absolute Gasteiger partial charge is 0.274 e. The van der Waals surface area contributed by atoms with E-state index in [0.29, 0.717) is 24.1 Å². The summed E-state index contributed by atoms with van der Waals surface area (Å²) in [6.45, 7) is 0. The molecule has 5 rings (SSSR count). The SMILES string of the molecule is NC(=O)c1nc(C(=O)Nc2c(F)cc(F)cc2F)ccc1C1CCc2ccccc2C1c1cccnc1. The number of nitrogens with one attached hydrogen (secondary N) is 1. The van der Waals surface area contributed by atoms with Gasteiger partial charge in [0.05, 0.1) is 0 Å². The molecule has 9 heteroatoms. The molecule has 0 radical (unpaired) electrons. The molecule has 2 aromatic heterocycles. The Morgan fingerprint density at radius 3 is 2.41 bits per heavy atom. The van der Waals surface area contributed by atoms with Gasteiger partial charge in [0.15, 0.2) is 11.6 Å². The third-order valence-corrected chi connectivity index (χ3v) is 6.60. The summed E-state index contributed by atoms with van der Waals surface area (Å²) < 4.78 is 41.3. The van der Waals surface area contributed by atoms with Gasteiger partial charge in [0.25, 0.3) is 11.8 Å². The van der Waals surface area contributed by atoms with E-state index < -0.39 is 35.0 Å². The molecule has 4 aromatic rings. The van der Waals surface area contributed by atoms with Gasteiger partial charge in [0.1, 0.15) is 22.9 Å². The van der Waals surface area contributed by atoms with Crippen LogP contribution in [-0.2, 0) is 6.42 Å². The first-order chi connectivity index (χ1) is 17.8. The number of carbonyl (C=O) groups excluding carboxylic acids is 2. The monoisotopic (exact) mass is 502 g/mol. The van der Waals surface area contributed by atoms with Crippen LogP contribution in [0.4, 0.5) is 18.9 Å². The van der Waals surface area contributed by atoms with Gasteiger partial charge in [-0.1, -0.05) is 36.4 Å². The number of nitrogens with two attached hydrogens (primary N) is 1. The number of primary amides is 1. The van der Waals surface area contributed by atoms with Crippen LogP contribution in [0.2, 0.25) is 0 Å². The number of carbonyl (C=O) groups is 2. The Labute approximate surface area is 210 Å². The predicted octanol–water partition coefficient (Wildman–Crippen LogP) is 5.11. The van der Waals surface area contributed by atoms with Crippen LogP contribution in [0.25, 0.3) is 0 Å². The van der Waals surface area contributed by atoms with Crippen LogP contribution in [-0.4, -0.2) is 21.8 Å². The number of amides is 2. The van der Waals surface area contributed by atoms with Gasteiger partial charge in [-0.25, -0.2) is 18.2 Å². The molecule has 1 aliphatic rings. The summed E-state index contributed by atoms with van der Waals surface area (Å²) in [5, 5.41) is 2.06. The number of aryl methyl sites for hydroxylation is 1. The zero-order valence-corrected chi connectivity index (χ0v) is 19.4. The molecule has 2 aromatic carbocycles. The lowest BCUT2D eigenvalue weighted by Gasteiger charge is -2.35. The molecular formula is C28H21F3N4O2. The number of pyridine rings is 2. The molecule has 1 aliphatic carbocycles. The zero-order valence-electron chi connectivity index (χ0n) is 19.4. The van der Waals surface area contributed by atoms with Crippen molar-refractivity contribution in [2.24, 2.45) is 5.73 Å². The van der Waals surface area contributed by atoms with Crippen molar-refractivity contribution in [1.29, 1.82) is 0 Å². The van der Waals surface area contributed by atoms with Gasteiger partial charge >= 0.3 is 0 Å². The molecule has 2 atom stereocenters. The Balaban J connectivity index is 1.54. The largest absolute Gasteiger partial charge is 0.364 e. The second kappa shape index (κ2) is 9.85. The van der Waals surface area contributed by atoms with Crippen molar-refractivity contribution >= 4 is 17.5 Å². The van der Waals surface area contributed by atoms with Crippen LogP contribution in [0.3, 0.4) is 0 Å². The summed E-state index contributed by atoms with van der Waals surface area (Å²) in [7, 11) is 0. The topological polar surface area (TPSA) is 98.0 Å². The Morgan fingerprint density at radius 2 is 1.70 bits per heavy atom. The first kappa shape index (κ1) is 24.2. The van der Waals surface area contributed by atoms with E-state index in [9.17, 15) is 22.8 Å². The number of anilines is 1. The highest BCUT2D eigenvalue weighted by molar-refractivity contribution is 6.04. The van der Waals surface area contributed by atoms with Gasteiger partial charge in [-0.2, -0.15) is 0 Å².